The Hall–Kier alpha value is -0.560. The van der Waals surface area contributed by atoms with Crippen molar-refractivity contribution in [2.75, 3.05) is 0 Å². The standard InChI is InChI=1S/C29H48O/c1-7-21(19(2)3)9-8-20(4)25-12-13-26-24-11-10-22-18-23(30)14-16-28(22,5)27(24)15-17-29(25,26)6/h10-11,19-21,23,25-27,30H,7-9,12-18H2,1-6H3/t20-,21+,23+,25-,26+,27?,28+,29-/m1/s1. The molecule has 1 nitrogen and oxygen atoms in total. The van der Waals surface area contributed by atoms with Gasteiger partial charge in [-0.2, -0.15) is 0 Å². The fraction of sp³-hybridized carbons (Fsp3) is 0.862. The van der Waals surface area contributed by atoms with E-state index in [0.29, 0.717) is 10.8 Å². The number of hydrogen-bond donors (Lipinski definition) is 1. The molecule has 0 saturated heterocycles. The molecule has 4 aliphatic rings. The summed E-state index contributed by atoms with van der Waals surface area (Å²) in [4.78, 5) is 0. The lowest BCUT2D eigenvalue weighted by atomic mass is 9.50. The maximum atomic E-state index is 10.2. The molecular weight excluding hydrogens is 364 g/mol. The molecule has 3 fully saturated rings. The van der Waals surface area contributed by atoms with Crippen LogP contribution in [0.3, 0.4) is 0 Å². The molecule has 4 rings (SSSR count). The molecule has 0 aromatic heterocycles. The first-order valence-corrected chi connectivity index (χ1v) is 13.3. The van der Waals surface area contributed by atoms with Gasteiger partial charge in [-0.1, -0.05) is 77.7 Å². The van der Waals surface area contributed by atoms with E-state index in [1.807, 2.05) is 0 Å². The minimum atomic E-state index is -0.109. The van der Waals surface area contributed by atoms with Crippen molar-refractivity contribution in [1.82, 2.24) is 0 Å². The highest BCUT2D eigenvalue weighted by atomic mass is 16.3. The van der Waals surface area contributed by atoms with Gasteiger partial charge in [-0.3, -0.25) is 0 Å². The van der Waals surface area contributed by atoms with Gasteiger partial charge in [-0.15, -0.1) is 0 Å². The van der Waals surface area contributed by atoms with E-state index in [9.17, 15) is 5.11 Å². The molecule has 0 aromatic rings. The first kappa shape index (κ1) is 22.6. The van der Waals surface area contributed by atoms with E-state index in [1.54, 1.807) is 11.1 Å². The van der Waals surface area contributed by atoms with Gasteiger partial charge in [-0.25, -0.2) is 0 Å². The van der Waals surface area contributed by atoms with Gasteiger partial charge in [0.1, 0.15) is 0 Å². The summed E-state index contributed by atoms with van der Waals surface area (Å²) in [5.41, 5.74) is 4.17. The molecule has 1 unspecified atom stereocenters. The van der Waals surface area contributed by atoms with E-state index < -0.39 is 0 Å². The summed E-state index contributed by atoms with van der Waals surface area (Å²) in [7, 11) is 0. The third-order valence-electron chi connectivity index (χ3n) is 10.8. The Labute approximate surface area is 186 Å². The molecule has 0 aromatic carbocycles. The van der Waals surface area contributed by atoms with Crippen molar-refractivity contribution < 1.29 is 5.11 Å². The van der Waals surface area contributed by atoms with Crippen molar-refractivity contribution in [3.05, 3.63) is 23.3 Å². The van der Waals surface area contributed by atoms with Crippen molar-refractivity contribution in [3.8, 4) is 0 Å². The normalized spacial score (nSPS) is 42.7. The van der Waals surface area contributed by atoms with Gasteiger partial charge in [0.05, 0.1) is 6.10 Å². The van der Waals surface area contributed by atoms with Crippen molar-refractivity contribution >= 4 is 0 Å². The number of fused-ring (bicyclic) bond motifs is 5. The molecule has 0 spiro atoms. The fourth-order valence-corrected chi connectivity index (χ4v) is 8.65. The molecular formula is C29H48O. The van der Waals surface area contributed by atoms with Crippen LogP contribution in [-0.4, -0.2) is 11.2 Å². The Bertz CT molecular complexity index is 686. The van der Waals surface area contributed by atoms with Crippen LogP contribution in [0.15, 0.2) is 23.3 Å². The highest BCUT2D eigenvalue weighted by molar-refractivity contribution is 5.38. The molecule has 4 aliphatic carbocycles. The van der Waals surface area contributed by atoms with Gasteiger partial charge in [0, 0.05) is 0 Å². The van der Waals surface area contributed by atoms with Crippen LogP contribution in [-0.2, 0) is 0 Å². The van der Waals surface area contributed by atoms with Crippen LogP contribution in [0.25, 0.3) is 0 Å². The second kappa shape index (κ2) is 8.42. The molecule has 30 heavy (non-hydrogen) atoms. The van der Waals surface area contributed by atoms with Gasteiger partial charge in [0.2, 0.25) is 0 Å². The lowest BCUT2D eigenvalue weighted by molar-refractivity contribution is 0.0315. The van der Waals surface area contributed by atoms with Gasteiger partial charge < -0.3 is 5.11 Å². The van der Waals surface area contributed by atoms with Gasteiger partial charge in [0.25, 0.3) is 0 Å². The van der Waals surface area contributed by atoms with Crippen molar-refractivity contribution in [2.45, 2.75) is 112 Å². The summed E-state index contributed by atoms with van der Waals surface area (Å²) in [5, 5.41) is 10.2. The number of rotatable bonds is 6. The van der Waals surface area contributed by atoms with E-state index in [0.717, 1.165) is 48.3 Å². The molecule has 0 radical (unpaired) electrons. The van der Waals surface area contributed by atoms with E-state index in [2.05, 4.69) is 53.7 Å². The summed E-state index contributed by atoms with van der Waals surface area (Å²) in [6.07, 6.45) is 17.8. The zero-order valence-corrected chi connectivity index (χ0v) is 20.7. The Morgan fingerprint density at radius 2 is 1.73 bits per heavy atom. The summed E-state index contributed by atoms with van der Waals surface area (Å²) >= 11 is 0. The van der Waals surface area contributed by atoms with Crippen molar-refractivity contribution in [3.63, 3.8) is 0 Å². The summed E-state index contributed by atoms with van der Waals surface area (Å²) in [5.74, 6) is 5.03. The van der Waals surface area contributed by atoms with E-state index >= 15 is 0 Å². The van der Waals surface area contributed by atoms with Crippen LogP contribution in [0.4, 0.5) is 0 Å². The lowest BCUT2D eigenvalue weighted by Crippen LogP contribution is -2.46. The Kier molecular flexibility index (Phi) is 6.35. The molecule has 0 bridgehead atoms. The Morgan fingerprint density at radius 3 is 2.43 bits per heavy atom. The summed E-state index contributed by atoms with van der Waals surface area (Å²) in [6, 6.07) is 0. The van der Waals surface area contributed by atoms with Crippen molar-refractivity contribution in [1.29, 1.82) is 0 Å². The monoisotopic (exact) mass is 412 g/mol. The van der Waals surface area contributed by atoms with Gasteiger partial charge in [-0.05, 0) is 97.7 Å². The fourth-order valence-electron chi connectivity index (χ4n) is 8.65. The highest BCUT2D eigenvalue weighted by Crippen LogP contribution is 2.66. The Balaban J connectivity index is 1.51. The number of hydrogen-bond acceptors (Lipinski definition) is 1. The zero-order valence-electron chi connectivity index (χ0n) is 20.7. The third kappa shape index (κ3) is 3.66. The molecule has 3 saturated carbocycles. The quantitative estimate of drug-likeness (QED) is 0.469. The zero-order chi connectivity index (χ0) is 21.7. The van der Waals surface area contributed by atoms with Crippen LogP contribution in [0.2, 0.25) is 0 Å². The molecule has 170 valence electrons. The van der Waals surface area contributed by atoms with Crippen molar-refractivity contribution in [2.24, 2.45) is 46.3 Å². The van der Waals surface area contributed by atoms with Gasteiger partial charge >= 0.3 is 0 Å². The number of aliphatic hydroxyl groups excluding tert-OH is 1. The molecule has 1 heteroatoms. The molecule has 0 amide bonds. The maximum absolute atomic E-state index is 10.2. The maximum Gasteiger partial charge on any atom is 0.0578 e. The SMILES string of the molecule is CC[C@@H](CC[C@@H](C)[C@H]1CC[C@H]2C3=CC=C4C[C@@H](O)CC[C@]4(C)C3CC[C@]12C)C(C)C. The van der Waals surface area contributed by atoms with Crippen LogP contribution in [0.5, 0.6) is 0 Å². The smallest absolute Gasteiger partial charge is 0.0578 e. The predicted octanol–water partition coefficient (Wildman–Crippen LogP) is 7.94. The second-order valence-electron chi connectivity index (χ2n) is 12.5. The topological polar surface area (TPSA) is 20.2 Å². The van der Waals surface area contributed by atoms with Gasteiger partial charge in [0.15, 0.2) is 0 Å². The van der Waals surface area contributed by atoms with Crippen LogP contribution >= 0.6 is 0 Å². The average molecular weight is 413 g/mol. The van der Waals surface area contributed by atoms with Crippen LogP contribution in [0, 0.1) is 46.3 Å². The largest absolute Gasteiger partial charge is 0.393 e. The minimum absolute atomic E-state index is 0.109. The molecule has 0 aliphatic heterocycles. The molecule has 8 atom stereocenters. The summed E-state index contributed by atoms with van der Waals surface area (Å²) in [6.45, 7) is 15.0. The Morgan fingerprint density at radius 1 is 0.967 bits per heavy atom. The van der Waals surface area contributed by atoms with E-state index in [-0.39, 0.29) is 6.10 Å². The van der Waals surface area contributed by atoms with Crippen LogP contribution in [0.1, 0.15) is 106 Å². The molecule has 0 heterocycles. The van der Waals surface area contributed by atoms with E-state index in [1.165, 1.54) is 51.4 Å². The predicted molar refractivity (Wildman–Crippen MR) is 128 cm³/mol. The first-order chi connectivity index (χ1) is 14.2. The van der Waals surface area contributed by atoms with Crippen LogP contribution < -0.4 is 0 Å². The minimum Gasteiger partial charge on any atom is -0.393 e. The average Bonchev–Trinajstić information content (AvgIpc) is 3.06. The highest BCUT2D eigenvalue weighted by Gasteiger charge is 2.56. The second-order valence-corrected chi connectivity index (χ2v) is 12.5. The summed E-state index contributed by atoms with van der Waals surface area (Å²) < 4.78 is 0. The van der Waals surface area contributed by atoms with E-state index in [4.69, 9.17) is 0 Å². The lowest BCUT2D eigenvalue weighted by Gasteiger charge is -2.55. The number of allylic oxidation sites excluding steroid dienone is 3. The number of aliphatic hydroxyl groups is 1. The molecule has 1 N–H and O–H groups in total. The third-order valence-corrected chi connectivity index (χ3v) is 10.8. The first-order valence-electron chi connectivity index (χ1n) is 13.3.